The van der Waals surface area contributed by atoms with Gasteiger partial charge in [0.1, 0.15) is 17.1 Å². The Morgan fingerprint density at radius 2 is 2.13 bits per heavy atom. The van der Waals surface area contributed by atoms with Gasteiger partial charge in [-0.05, 0) is 24.6 Å². The maximum atomic E-state index is 13.2. The highest BCUT2D eigenvalue weighted by molar-refractivity contribution is 6.19. The first-order valence-corrected chi connectivity index (χ1v) is 7.36. The third-order valence-corrected chi connectivity index (χ3v) is 3.56. The molecule has 120 valence electrons. The Labute approximate surface area is 137 Å². The summed E-state index contributed by atoms with van der Waals surface area (Å²) in [7, 11) is 0. The van der Waals surface area contributed by atoms with Crippen LogP contribution in [0.5, 0.6) is 0 Å². The number of benzene rings is 1. The van der Waals surface area contributed by atoms with Gasteiger partial charge >= 0.3 is 5.97 Å². The smallest absolute Gasteiger partial charge is 0.340 e. The van der Waals surface area contributed by atoms with Crippen LogP contribution < -0.4 is 5.73 Å². The Morgan fingerprint density at radius 1 is 1.48 bits per heavy atom. The van der Waals surface area contributed by atoms with Crippen LogP contribution in [0.2, 0.25) is 0 Å². The van der Waals surface area contributed by atoms with Crippen LogP contribution in [-0.4, -0.2) is 18.5 Å². The molecule has 23 heavy (non-hydrogen) atoms. The van der Waals surface area contributed by atoms with Crippen molar-refractivity contribution in [1.29, 1.82) is 5.26 Å². The van der Waals surface area contributed by atoms with Crippen molar-refractivity contribution < 1.29 is 18.7 Å². The van der Waals surface area contributed by atoms with Crippen LogP contribution in [0.4, 0.5) is 4.39 Å². The van der Waals surface area contributed by atoms with E-state index in [-0.39, 0.29) is 35.3 Å². The van der Waals surface area contributed by atoms with Crippen molar-refractivity contribution >= 4 is 17.6 Å². The molecule has 1 aromatic carbocycles. The highest BCUT2D eigenvalue weighted by Gasteiger charge is 2.37. The molecule has 0 radical (unpaired) electrons. The van der Waals surface area contributed by atoms with Crippen molar-refractivity contribution in [3.8, 4) is 6.07 Å². The van der Waals surface area contributed by atoms with Crippen molar-refractivity contribution in [2.45, 2.75) is 12.8 Å². The Hall–Kier alpha value is -2.52. The standard InChI is InChI=1S/C16H14ClFN2O3/c1-2-22-16(21)14-13(9-3-5-10(18)6-4-9)11(8-19)12(7-17)23-15(14)20/h3-6,13H,2,7,20H2,1H3. The number of allylic oxidation sites excluding steroid dienone is 2. The molecule has 0 bridgehead atoms. The van der Waals surface area contributed by atoms with Gasteiger partial charge in [0.25, 0.3) is 0 Å². The average Bonchev–Trinajstić information content (AvgIpc) is 2.54. The fourth-order valence-electron chi connectivity index (χ4n) is 2.33. The van der Waals surface area contributed by atoms with E-state index in [0.29, 0.717) is 5.56 Å². The van der Waals surface area contributed by atoms with Crippen LogP contribution in [0.25, 0.3) is 0 Å². The average molecular weight is 337 g/mol. The van der Waals surface area contributed by atoms with Crippen molar-refractivity contribution in [3.63, 3.8) is 0 Å². The molecule has 2 rings (SSSR count). The third kappa shape index (κ3) is 3.30. The Kier molecular flexibility index (Phi) is 5.24. The summed E-state index contributed by atoms with van der Waals surface area (Å²) in [6, 6.07) is 7.41. The van der Waals surface area contributed by atoms with Gasteiger partial charge < -0.3 is 15.2 Å². The maximum absolute atomic E-state index is 13.2. The van der Waals surface area contributed by atoms with Crippen LogP contribution in [0.1, 0.15) is 18.4 Å². The lowest BCUT2D eigenvalue weighted by atomic mass is 9.83. The summed E-state index contributed by atoms with van der Waals surface area (Å²) in [6.45, 7) is 1.79. The molecule has 2 N–H and O–H groups in total. The summed E-state index contributed by atoms with van der Waals surface area (Å²) in [5.41, 5.74) is 6.49. The van der Waals surface area contributed by atoms with E-state index >= 15 is 0 Å². The summed E-state index contributed by atoms with van der Waals surface area (Å²) in [5, 5.41) is 9.46. The third-order valence-electron chi connectivity index (χ3n) is 3.32. The van der Waals surface area contributed by atoms with E-state index in [1.54, 1.807) is 6.92 Å². The Balaban J connectivity index is 2.61. The number of hydrogen-bond acceptors (Lipinski definition) is 5. The predicted octanol–water partition coefficient (Wildman–Crippen LogP) is 2.69. The van der Waals surface area contributed by atoms with Crippen LogP contribution in [0.3, 0.4) is 0 Å². The van der Waals surface area contributed by atoms with Crippen molar-refractivity contribution in [1.82, 2.24) is 0 Å². The number of carbonyl (C=O) groups excluding carboxylic acids is 1. The van der Waals surface area contributed by atoms with Gasteiger partial charge in [-0.25, -0.2) is 9.18 Å². The molecular weight excluding hydrogens is 323 g/mol. The van der Waals surface area contributed by atoms with Crippen molar-refractivity contribution in [3.05, 3.63) is 58.4 Å². The SMILES string of the molecule is CCOC(=O)C1=C(N)OC(CCl)=C(C#N)C1c1ccc(F)cc1. The molecule has 0 aliphatic carbocycles. The molecule has 0 aromatic heterocycles. The fraction of sp³-hybridized carbons (Fsp3) is 0.250. The molecule has 0 spiro atoms. The van der Waals surface area contributed by atoms with E-state index in [1.165, 1.54) is 24.3 Å². The highest BCUT2D eigenvalue weighted by atomic mass is 35.5. The number of halogens is 2. The lowest BCUT2D eigenvalue weighted by molar-refractivity contribution is -0.139. The second-order valence-corrected chi connectivity index (χ2v) is 4.93. The van der Waals surface area contributed by atoms with E-state index in [1.807, 2.05) is 6.07 Å². The number of ether oxygens (including phenoxy) is 2. The molecule has 1 atom stereocenters. The number of hydrogen-bond donors (Lipinski definition) is 1. The summed E-state index contributed by atoms with van der Waals surface area (Å²) in [5.74, 6) is -2.04. The lowest BCUT2D eigenvalue weighted by Gasteiger charge is -2.27. The van der Waals surface area contributed by atoms with Crippen LogP contribution >= 0.6 is 11.6 Å². The molecule has 1 heterocycles. The van der Waals surface area contributed by atoms with Crippen LogP contribution in [-0.2, 0) is 14.3 Å². The number of nitriles is 1. The largest absolute Gasteiger partial charge is 0.462 e. The van der Waals surface area contributed by atoms with E-state index in [2.05, 4.69) is 0 Å². The molecule has 0 saturated carbocycles. The number of nitrogens with two attached hydrogens (primary N) is 1. The van der Waals surface area contributed by atoms with E-state index in [9.17, 15) is 14.4 Å². The number of rotatable bonds is 4. The number of alkyl halides is 1. The molecule has 1 aromatic rings. The number of nitrogens with zero attached hydrogens (tertiary/aromatic N) is 1. The molecule has 0 amide bonds. The zero-order chi connectivity index (χ0) is 17.0. The molecule has 1 unspecified atom stereocenters. The molecule has 5 nitrogen and oxygen atoms in total. The number of esters is 1. The first kappa shape index (κ1) is 16.8. The van der Waals surface area contributed by atoms with E-state index < -0.39 is 17.7 Å². The maximum Gasteiger partial charge on any atom is 0.340 e. The summed E-state index contributed by atoms with van der Waals surface area (Å²) >= 11 is 5.80. The lowest BCUT2D eigenvalue weighted by Crippen LogP contribution is -2.27. The molecule has 0 saturated heterocycles. The van der Waals surface area contributed by atoms with E-state index in [0.717, 1.165) is 0 Å². The van der Waals surface area contributed by atoms with E-state index in [4.69, 9.17) is 26.8 Å². The summed E-state index contributed by atoms with van der Waals surface area (Å²) in [6.07, 6.45) is 0. The summed E-state index contributed by atoms with van der Waals surface area (Å²) < 4.78 is 23.5. The Morgan fingerprint density at radius 3 is 2.65 bits per heavy atom. The minimum absolute atomic E-state index is 0.00359. The van der Waals surface area contributed by atoms with Crippen LogP contribution in [0.15, 0.2) is 47.1 Å². The normalized spacial score (nSPS) is 17.6. The van der Waals surface area contributed by atoms with Gasteiger partial charge in [-0.1, -0.05) is 12.1 Å². The monoisotopic (exact) mass is 336 g/mol. The molecule has 7 heteroatoms. The quantitative estimate of drug-likeness (QED) is 0.675. The fourth-order valence-corrected chi connectivity index (χ4v) is 2.53. The van der Waals surface area contributed by atoms with Gasteiger partial charge in [0, 0.05) is 0 Å². The van der Waals surface area contributed by atoms with Gasteiger partial charge in [-0.3, -0.25) is 0 Å². The minimum Gasteiger partial charge on any atom is -0.462 e. The van der Waals surface area contributed by atoms with Crippen molar-refractivity contribution in [2.75, 3.05) is 12.5 Å². The van der Waals surface area contributed by atoms with Gasteiger partial charge in [0.2, 0.25) is 5.88 Å². The zero-order valence-corrected chi connectivity index (χ0v) is 13.1. The topological polar surface area (TPSA) is 85.3 Å². The molecule has 0 fully saturated rings. The molecule has 1 aliphatic rings. The van der Waals surface area contributed by atoms with Gasteiger partial charge in [0.05, 0.1) is 30.0 Å². The van der Waals surface area contributed by atoms with Gasteiger partial charge in [-0.2, -0.15) is 5.26 Å². The Bertz CT molecular complexity index is 720. The summed E-state index contributed by atoms with van der Waals surface area (Å²) in [4.78, 5) is 12.2. The molecular formula is C16H14ClFN2O3. The minimum atomic E-state index is -0.817. The predicted molar refractivity (Wildman–Crippen MR) is 81.4 cm³/mol. The van der Waals surface area contributed by atoms with Gasteiger partial charge in [-0.15, -0.1) is 11.6 Å². The number of carbonyl (C=O) groups is 1. The second kappa shape index (κ2) is 7.16. The second-order valence-electron chi connectivity index (χ2n) is 4.67. The van der Waals surface area contributed by atoms with Gasteiger partial charge in [0.15, 0.2) is 0 Å². The van der Waals surface area contributed by atoms with Crippen LogP contribution in [0, 0.1) is 17.1 Å². The highest BCUT2D eigenvalue weighted by Crippen LogP contribution is 2.39. The van der Waals surface area contributed by atoms with Crippen molar-refractivity contribution in [2.24, 2.45) is 5.73 Å². The molecule has 1 aliphatic heterocycles. The first-order valence-electron chi connectivity index (χ1n) is 6.82. The zero-order valence-electron chi connectivity index (χ0n) is 12.3. The first-order chi connectivity index (χ1) is 11.0.